The number of aliphatic hydroxyl groups is 3. The fourth-order valence-corrected chi connectivity index (χ4v) is 4.72. The van der Waals surface area contributed by atoms with Crippen molar-refractivity contribution in [3.63, 3.8) is 0 Å². The molecule has 1 aromatic rings. The quantitative estimate of drug-likeness (QED) is 0.445. The molecule has 2 amide bonds. The van der Waals surface area contributed by atoms with Crippen molar-refractivity contribution in [1.29, 1.82) is 0 Å². The van der Waals surface area contributed by atoms with E-state index in [1.807, 2.05) is 49.9 Å². The number of nitrogens with one attached hydrogen (secondary N) is 1. The van der Waals surface area contributed by atoms with Crippen LogP contribution in [0.4, 0.5) is 0 Å². The van der Waals surface area contributed by atoms with Crippen molar-refractivity contribution in [2.24, 2.45) is 5.41 Å². The second kappa shape index (κ2) is 11.0. The second-order valence-corrected chi connectivity index (χ2v) is 10.4. The molecule has 3 rings (SSSR count). The van der Waals surface area contributed by atoms with Gasteiger partial charge in [0.2, 0.25) is 5.91 Å². The molecule has 2 heterocycles. The Hall–Kier alpha value is -2.26. The van der Waals surface area contributed by atoms with E-state index in [0.717, 1.165) is 30.4 Å². The van der Waals surface area contributed by atoms with Gasteiger partial charge in [-0.05, 0) is 35.8 Å². The number of rotatable bonds is 7. The monoisotopic (exact) mass is 474 g/mol. The van der Waals surface area contributed by atoms with Crippen LogP contribution < -0.4 is 5.32 Å². The van der Waals surface area contributed by atoms with Crippen molar-refractivity contribution >= 4 is 11.8 Å². The zero-order chi connectivity index (χ0) is 25.0. The van der Waals surface area contributed by atoms with Gasteiger partial charge in [0.15, 0.2) is 6.10 Å². The molecule has 1 saturated heterocycles. The normalized spacial score (nSPS) is 24.6. The lowest BCUT2D eigenvalue weighted by atomic mass is 9.92. The van der Waals surface area contributed by atoms with Crippen LogP contribution in [-0.4, -0.2) is 76.1 Å². The fraction of sp³-hybridized carbons (Fsp3) is 0.615. The van der Waals surface area contributed by atoms with Crippen molar-refractivity contribution in [2.75, 3.05) is 13.7 Å². The Balaban J connectivity index is 1.76. The van der Waals surface area contributed by atoms with E-state index >= 15 is 0 Å². The number of carbonyl (C=O) groups excluding carboxylic acids is 2. The molecular formula is C26H38N2O6. The van der Waals surface area contributed by atoms with Gasteiger partial charge in [-0.15, -0.1) is 0 Å². The third-order valence-electron chi connectivity index (χ3n) is 6.55. The average molecular weight is 475 g/mol. The Morgan fingerprint density at radius 2 is 1.88 bits per heavy atom. The van der Waals surface area contributed by atoms with Gasteiger partial charge in [0.05, 0.1) is 6.04 Å². The van der Waals surface area contributed by atoms with Gasteiger partial charge >= 0.3 is 0 Å². The largest absolute Gasteiger partial charge is 0.387 e. The van der Waals surface area contributed by atoms with Gasteiger partial charge in [0, 0.05) is 20.1 Å². The Morgan fingerprint density at radius 3 is 2.56 bits per heavy atom. The highest BCUT2D eigenvalue weighted by Crippen LogP contribution is 2.36. The van der Waals surface area contributed by atoms with Crippen molar-refractivity contribution in [2.45, 2.75) is 83.0 Å². The molecule has 34 heavy (non-hydrogen) atoms. The molecule has 0 bridgehead atoms. The topological polar surface area (TPSA) is 119 Å². The summed E-state index contributed by atoms with van der Waals surface area (Å²) < 4.78 is 5.19. The number of hydrogen-bond acceptors (Lipinski definition) is 6. The number of piperidine rings is 1. The summed E-state index contributed by atoms with van der Waals surface area (Å²) in [4.78, 5) is 28.3. The molecule has 1 fully saturated rings. The summed E-state index contributed by atoms with van der Waals surface area (Å²) in [5, 5.41) is 34.1. The minimum absolute atomic E-state index is 0.00487. The maximum atomic E-state index is 13.4. The van der Waals surface area contributed by atoms with Gasteiger partial charge in [0.25, 0.3) is 5.91 Å². The molecule has 0 spiro atoms. The Morgan fingerprint density at radius 1 is 1.18 bits per heavy atom. The number of fused-ring (bicyclic) bond motifs is 3. The van der Waals surface area contributed by atoms with Crippen LogP contribution in [0.3, 0.4) is 0 Å². The van der Waals surface area contributed by atoms with E-state index in [-0.39, 0.29) is 17.4 Å². The average Bonchev–Trinajstić information content (AvgIpc) is 2.92. The van der Waals surface area contributed by atoms with Crippen LogP contribution in [0.25, 0.3) is 0 Å². The molecule has 0 aromatic heterocycles. The Kier molecular flexibility index (Phi) is 8.52. The van der Waals surface area contributed by atoms with Gasteiger partial charge in [0.1, 0.15) is 24.4 Å². The zero-order valence-corrected chi connectivity index (χ0v) is 20.5. The first-order valence-electron chi connectivity index (χ1n) is 12.0. The Labute approximate surface area is 201 Å². The van der Waals surface area contributed by atoms with Crippen LogP contribution in [0.1, 0.15) is 57.2 Å². The van der Waals surface area contributed by atoms with Crippen molar-refractivity contribution in [1.82, 2.24) is 10.2 Å². The number of ether oxygens (including phenoxy) is 1. The van der Waals surface area contributed by atoms with Crippen LogP contribution in [-0.2, 0) is 20.7 Å². The van der Waals surface area contributed by atoms with E-state index in [4.69, 9.17) is 4.74 Å². The van der Waals surface area contributed by atoms with Gasteiger partial charge in [-0.25, -0.2) is 0 Å². The summed E-state index contributed by atoms with van der Waals surface area (Å²) in [7, 11) is 1.24. The third-order valence-corrected chi connectivity index (χ3v) is 6.55. The fourth-order valence-electron chi connectivity index (χ4n) is 4.72. The first kappa shape index (κ1) is 26.3. The van der Waals surface area contributed by atoms with E-state index in [9.17, 15) is 24.9 Å². The first-order valence-corrected chi connectivity index (χ1v) is 12.0. The standard InChI is InChI=1S/C26H38N2O6/c1-26(2,3)13-12-20(29)21(30)22(31)23(34-4)24(32)27-18-15-16-9-5-6-10-17(16)19-11-7-8-14-28(19)25(18)33/h5-6,9-10,12-13,18-23,29-31H,7-8,11,14-15H2,1-4H3,(H,27,32)/b13-12+/t18-,19+,20+,21-,22+,23+/m0/s1. The number of methoxy groups -OCH3 is 1. The number of allylic oxidation sites excluding steroid dienone is 1. The minimum Gasteiger partial charge on any atom is -0.387 e. The zero-order valence-electron chi connectivity index (χ0n) is 20.5. The molecule has 2 aliphatic heterocycles. The highest BCUT2D eigenvalue weighted by molar-refractivity contribution is 5.90. The van der Waals surface area contributed by atoms with Crippen molar-refractivity contribution < 1.29 is 29.6 Å². The number of carbonyl (C=O) groups is 2. The first-order chi connectivity index (χ1) is 16.0. The molecule has 1 aromatic carbocycles. The van der Waals surface area contributed by atoms with E-state index in [2.05, 4.69) is 5.32 Å². The summed E-state index contributed by atoms with van der Waals surface area (Å²) in [6.45, 7) is 6.42. The van der Waals surface area contributed by atoms with E-state index < -0.39 is 36.4 Å². The number of hydrogen-bond donors (Lipinski definition) is 4. The number of aliphatic hydroxyl groups excluding tert-OH is 3. The lowest BCUT2D eigenvalue weighted by Gasteiger charge is -2.36. The van der Waals surface area contributed by atoms with Crippen LogP contribution in [0.15, 0.2) is 36.4 Å². The molecule has 188 valence electrons. The SMILES string of the molecule is CO[C@@H](C(=O)N[C@H]1Cc2ccccc2[C@H]2CCCCN2C1=O)[C@H](O)[C@@H](O)[C@H](O)/C=C/C(C)(C)C. The molecule has 8 heteroatoms. The predicted octanol–water partition coefficient (Wildman–Crippen LogP) is 1.48. The van der Waals surface area contributed by atoms with E-state index in [1.165, 1.54) is 13.2 Å². The van der Waals surface area contributed by atoms with Crippen LogP contribution in [0.2, 0.25) is 0 Å². The smallest absolute Gasteiger partial charge is 0.252 e. The molecule has 4 N–H and O–H groups in total. The molecule has 8 nitrogen and oxygen atoms in total. The van der Waals surface area contributed by atoms with Crippen LogP contribution in [0.5, 0.6) is 0 Å². The number of amides is 2. The van der Waals surface area contributed by atoms with Gasteiger partial charge in [-0.1, -0.05) is 57.2 Å². The third kappa shape index (κ3) is 6.05. The van der Waals surface area contributed by atoms with Crippen LogP contribution >= 0.6 is 0 Å². The van der Waals surface area contributed by atoms with Crippen molar-refractivity contribution in [3.8, 4) is 0 Å². The number of nitrogens with zero attached hydrogens (tertiary/aromatic N) is 1. The highest BCUT2D eigenvalue weighted by atomic mass is 16.5. The maximum Gasteiger partial charge on any atom is 0.252 e. The van der Waals surface area contributed by atoms with E-state index in [1.54, 1.807) is 6.08 Å². The summed E-state index contributed by atoms with van der Waals surface area (Å²) >= 11 is 0. The molecular weight excluding hydrogens is 436 g/mol. The molecule has 0 saturated carbocycles. The van der Waals surface area contributed by atoms with Gasteiger partial charge in [-0.3, -0.25) is 9.59 Å². The molecule has 0 unspecified atom stereocenters. The summed E-state index contributed by atoms with van der Waals surface area (Å²) in [6.07, 6.45) is 0.0862. The highest BCUT2D eigenvalue weighted by Gasteiger charge is 2.40. The molecule has 6 atom stereocenters. The number of benzene rings is 1. The molecule has 0 aliphatic carbocycles. The predicted molar refractivity (Wildman–Crippen MR) is 128 cm³/mol. The molecule has 2 aliphatic rings. The Bertz CT molecular complexity index is 896. The minimum atomic E-state index is -1.69. The van der Waals surface area contributed by atoms with E-state index in [0.29, 0.717) is 13.0 Å². The lowest BCUT2D eigenvalue weighted by molar-refractivity contribution is -0.152. The van der Waals surface area contributed by atoms with Crippen LogP contribution in [0, 0.1) is 5.41 Å². The summed E-state index contributed by atoms with van der Waals surface area (Å²) in [6, 6.07) is 7.09. The van der Waals surface area contributed by atoms with Gasteiger partial charge in [-0.2, -0.15) is 0 Å². The second-order valence-electron chi connectivity index (χ2n) is 10.4. The molecule has 0 radical (unpaired) electrons. The maximum absolute atomic E-state index is 13.4. The van der Waals surface area contributed by atoms with Gasteiger partial charge < -0.3 is 30.3 Å². The lowest BCUT2D eigenvalue weighted by Crippen LogP contribution is -2.56. The van der Waals surface area contributed by atoms with Crippen molar-refractivity contribution in [3.05, 3.63) is 47.5 Å². The summed E-state index contributed by atoms with van der Waals surface area (Å²) in [5.41, 5.74) is 1.89. The summed E-state index contributed by atoms with van der Waals surface area (Å²) in [5.74, 6) is -0.875.